The summed E-state index contributed by atoms with van der Waals surface area (Å²) in [5, 5.41) is 0. The predicted octanol–water partition coefficient (Wildman–Crippen LogP) is 2.38. The number of ether oxygens (including phenoxy) is 2. The van der Waals surface area contributed by atoms with E-state index in [0.717, 1.165) is 24.7 Å². The molecule has 2 heterocycles. The maximum atomic E-state index is 12.5. The normalized spacial score (nSPS) is 14.2. The molecule has 1 saturated heterocycles. The van der Waals surface area contributed by atoms with E-state index in [2.05, 4.69) is 9.88 Å². The van der Waals surface area contributed by atoms with Gasteiger partial charge in [-0.25, -0.2) is 4.98 Å². The molecule has 0 atom stereocenters. The van der Waals surface area contributed by atoms with Crippen LogP contribution in [0.25, 0.3) is 0 Å². The first-order valence-electron chi connectivity index (χ1n) is 8.87. The van der Waals surface area contributed by atoms with Gasteiger partial charge in [-0.05, 0) is 31.2 Å². The molecule has 0 radical (unpaired) electrons. The highest BCUT2D eigenvalue weighted by atomic mass is 16.5. The maximum Gasteiger partial charge on any atom is 0.255 e. The molecule has 0 aliphatic carbocycles. The van der Waals surface area contributed by atoms with Crippen molar-refractivity contribution in [2.75, 3.05) is 51.4 Å². The van der Waals surface area contributed by atoms with E-state index in [1.165, 1.54) is 5.56 Å². The number of aryl methyl sites for hydroxylation is 1. The van der Waals surface area contributed by atoms with Crippen molar-refractivity contribution in [2.24, 2.45) is 0 Å². The van der Waals surface area contributed by atoms with Gasteiger partial charge in [0.2, 0.25) is 0 Å². The van der Waals surface area contributed by atoms with Crippen molar-refractivity contribution >= 4 is 11.7 Å². The Kier molecular flexibility index (Phi) is 6.07. The molecule has 138 valence electrons. The summed E-state index contributed by atoms with van der Waals surface area (Å²) in [6, 6.07) is 11.6. The molecule has 0 bridgehead atoms. The third-order valence-corrected chi connectivity index (χ3v) is 4.39. The Hall–Kier alpha value is -2.60. The minimum atomic E-state index is -0.0569. The zero-order valence-corrected chi connectivity index (χ0v) is 15.4. The number of nitrogens with zero attached hydrogens (tertiary/aromatic N) is 3. The lowest BCUT2D eigenvalue weighted by Crippen LogP contribution is -2.36. The highest BCUT2D eigenvalue weighted by molar-refractivity contribution is 5.93. The number of amides is 1. The van der Waals surface area contributed by atoms with E-state index in [-0.39, 0.29) is 5.91 Å². The third-order valence-electron chi connectivity index (χ3n) is 4.39. The average Bonchev–Trinajstić information content (AvgIpc) is 2.69. The van der Waals surface area contributed by atoms with Gasteiger partial charge in [-0.3, -0.25) is 4.79 Å². The van der Waals surface area contributed by atoms with Gasteiger partial charge in [-0.15, -0.1) is 0 Å². The molecular weight excluding hydrogens is 330 g/mol. The smallest absolute Gasteiger partial charge is 0.255 e. The van der Waals surface area contributed by atoms with Gasteiger partial charge in [0.25, 0.3) is 5.91 Å². The van der Waals surface area contributed by atoms with E-state index < -0.39 is 0 Å². The molecule has 1 aromatic heterocycles. The van der Waals surface area contributed by atoms with Crippen molar-refractivity contribution < 1.29 is 14.3 Å². The fourth-order valence-corrected chi connectivity index (χ4v) is 2.75. The Morgan fingerprint density at radius 2 is 1.92 bits per heavy atom. The number of pyridine rings is 1. The number of hydrogen-bond acceptors (Lipinski definition) is 5. The first-order valence-corrected chi connectivity index (χ1v) is 8.87. The number of benzene rings is 1. The lowest BCUT2D eigenvalue weighted by Gasteiger charge is -2.27. The second-order valence-corrected chi connectivity index (χ2v) is 6.39. The first kappa shape index (κ1) is 18.2. The van der Waals surface area contributed by atoms with E-state index in [9.17, 15) is 4.79 Å². The van der Waals surface area contributed by atoms with Crippen LogP contribution in [0.3, 0.4) is 0 Å². The van der Waals surface area contributed by atoms with Gasteiger partial charge in [0, 0.05) is 26.3 Å². The number of likely N-dealkylation sites (N-methyl/N-ethyl adjacent to an activating group) is 1. The molecule has 0 unspecified atom stereocenters. The number of carbonyl (C=O) groups excluding carboxylic acids is 1. The van der Waals surface area contributed by atoms with Crippen LogP contribution in [0.4, 0.5) is 5.82 Å². The third kappa shape index (κ3) is 4.73. The summed E-state index contributed by atoms with van der Waals surface area (Å²) < 4.78 is 11.0. The van der Waals surface area contributed by atoms with Crippen LogP contribution in [-0.4, -0.2) is 62.3 Å². The summed E-state index contributed by atoms with van der Waals surface area (Å²) in [6.07, 6.45) is 1.64. The van der Waals surface area contributed by atoms with E-state index >= 15 is 0 Å². The van der Waals surface area contributed by atoms with Crippen molar-refractivity contribution in [3.8, 4) is 5.75 Å². The van der Waals surface area contributed by atoms with Gasteiger partial charge in [0.1, 0.15) is 18.2 Å². The predicted molar refractivity (Wildman–Crippen MR) is 101 cm³/mol. The van der Waals surface area contributed by atoms with E-state index in [1.54, 1.807) is 18.1 Å². The summed E-state index contributed by atoms with van der Waals surface area (Å²) >= 11 is 0. The zero-order chi connectivity index (χ0) is 18.4. The molecule has 26 heavy (non-hydrogen) atoms. The van der Waals surface area contributed by atoms with Crippen LogP contribution >= 0.6 is 0 Å². The monoisotopic (exact) mass is 355 g/mol. The van der Waals surface area contributed by atoms with E-state index in [4.69, 9.17) is 9.47 Å². The number of anilines is 1. The van der Waals surface area contributed by atoms with Gasteiger partial charge in [0.15, 0.2) is 0 Å². The van der Waals surface area contributed by atoms with Crippen LogP contribution in [0.1, 0.15) is 15.9 Å². The molecule has 1 fully saturated rings. The summed E-state index contributed by atoms with van der Waals surface area (Å²) in [6.45, 7) is 6.09. The highest BCUT2D eigenvalue weighted by Gasteiger charge is 2.15. The Morgan fingerprint density at radius 1 is 1.19 bits per heavy atom. The number of morpholine rings is 1. The van der Waals surface area contributed by atoms with Crippen LogP contribution in [-0.2, 0) is 4.74 Å². The van der Waals surface area contributed by atoms with Crippen LogP contribution in [0.15, 0.2) is 42.6 Å². The Balaban J connectivity index is 1.50. The molecular formula is C20H25N3O3. The Labute approximate surface area is 154 Å². The van der Waals surface area contributed by atoms with E-state index in [1.807, 2.05) is 43.3 Å². The van der Waals surface area contributed by atoms with Gasteiger partial charge in [-0.2, -0.15) is 0 Å². The topological polar surface area (TPSA) is 54.9 Å². The van der Waals surface area contributed by atoms with Gasteiger partial charge in [-0.1, -0.05) is 17.7 Å². The fraction of sp³-hybridized carbons (Fsp3) is 0.400. The quantitative estimate of drug-likeness (QED) is 0.796. The van der Waals surface area contributed by atoms with Gasteiger partial charge >= 0.3 is 0 Å². The standard InChI is InChI=1S/C20H25N3O3/c1-16-3-6-18(7-4-16)26-14-9-22(2)20(24)17-5-8-19(21-15-17)23-10-12-25-13-11-23/h3-8,15H,9-14H2,1-2H3. The SMILES string of the molecule is Cc1ccc(OCCN(C)C(=O)c2ccc(N3CCOCC3)nc2)cc1. The zero-order valence-electron chi connectivity index (χ0n) is 15.4. The van der Waals surface area contributed by atoms with E-state index in [0.29, 0.717) is 31.9 Å². The largest absolute Gasteiger partial charge is 0.492 e. The Bertz CT molecular complexity index is 710. The summed E-state index contributed by atoms with van der Waals surface area (Å²) in [7, 11) is 1.77. The molecule has 6 nitrogen and oxygen atoms in total. The van der Waals surface area contributed by atoms with Crippen LogP contribution in [0, 0.1) is 6.92 Å². The van der Waals surface area contributed by atoms with Crippen molar-refractivity contribution in [3.63, 3.8) is 0 Å². The number of carbonyl (C=O) groups is 1. The minimum absolute atomic E-state index is 0.0569. The number of aromatic nitrogens is 1. The lowest BCUT2D eigenvalue weighted by atomic mass is 10.2. The lowest BCUT2D eigenvalue weighted by molar-refractivity contribution is 0.0773. The summed E-state index contributed by atoms with van der Waals surface area (Å²) in [5.74, 6) is 1.64. The van der Waals surface area contributed by atoms with Crippen molar-refractivity contribution in [1.82, 2.24) is 9.88 Å². The second kappa shape index (κ2) is 8.67. The molecule has 0 saturated carbocycles. The van der Waals surface area contributed by atoms with Crippen LogP contribution in [0.5, 0.6) is 5.75 Å². The van der Waals surface area contributed by atoms with Crippen molar-refractivity contribution in [1.29, 1.82) is 0 Å². The molecule has 6 heteroatoms. The molecule has 1 aromatic carbocycles. The van der Waals surface area contributed by atoms with Gasteiger partial charge < -0.3 is 19.3 Å². The maximum absolute atomic E-state index is 12.5. The molecule has 1 aliphatic rings. The number of hydrogen-bond donors (Lipinski definition) is 0. The second-order valence-electron chi connectivity index (χ2n) is 6.39. The molecule has 0 N–H and O–H groups in total. The van der Waals surface area contributed by atoms with Crippen molar-refractivity contribution in [2.45, 2.75) is 6.92 Å². The van der Waals surface area contributed by atoms with Crippen LogP contribution in [0.2, 0.25) is 0 Å². The van der Waals surface area contributed by atoms with Gasteiger partial charge in [0.05, 0.1) is 25.3 Å². The molecule has 2 aromatic rings. The Morgan fingerprint density at radius 3 is 2.58 bits per heavy atom. The highest BCUT2D eigenvalue weighted by Crippen LogP contribution is 2.14. The fourth-order valence-electron chi connectivity index (χ4n) is 2.75. The summed E-state index contributed by atoms with van der Waals surface area (Å²) in [5.41, 5.74) is 1.78. The average molecular weight is 355 g/mol. The minimum Gasteiger partial charge on any atom is -0.492 e. The summed E-state index contributed by atoms with van der Waals surface area (Å²) in [4.78, 5) is 20.8. The van der Waals surface area contributed by atoms with Crippen LogP contribution < -0.4 is 9.64 Å². The number of rotatable bonds is 6. The molecule has 0 spiro atoms. The molecule has 3 rings (SSSR count). The van der Waals surface area contributed by atoms with Crippen molar-refractivity contribution in [3.05, 3.63) is 53.7 Å². The first-order chi connectivity index (χ1) is 12.6. The molecule has 1 aliphatic heterocycles. The molecule has 1 amide bonds.